The number of pyridine rings is 1. The number of ether oxygens (including phenoxy) is 1. The predicted octanol–water partition coefficient (Wildman–Crippen LogP) is 4.31. The lowest BCUT2D eigenvalue weighted by Crippen LogP contribution is -2.34. The Labute approximate surface area is 210 Å². The topological polar surface area (TPSA) is 96.5 Å². The van der Waals surface area contributed by atoms with E-state index in [1.54, 1.807) is 6.07 Å². The van der Waals surface area contributed by atoms with Gasteiger partial charge in [-0.25, -0.2) is 13.2 Å². The molecule has 0 saturated heterocycles. The number of methoxy groups -OCH3 is 1. The van der Waals surface area contributed by atoms with Crippen molar-refractivity contribution < 1.29 is 17.9 Å². The van der Waals surface area contributed by atoms with Crippen LogP contribution < -0.4 is 5.56 Å². The van der Waals surface area contributed by atoms with E-state index in [2.05, 4.69) is 11.9 Å². The highest BCUT2D eigenvalue weighted by molar-refractivity contribution is 7.89. The molecule has 0 aliphatic rings. The fourth-order valence-electron chi connectivity index (χ4n) is 4.04. The third-order valence-electron chi connectivity index (χ3n) is 6.15. The van der Waals surface area contributed by atoms with Crippen LogP contribution in [0.5, 0.6) is 0 Å². The summed E-state index contributed by atoms with van der Waals surface area (Å²) in [5.41, 5.74) is 3.10. The van der Waals surface area contributed by atoms with E-state index in [0.717, 1.165) is 22.9 Å². The number of aromatic nitrogens is 1. The van der Waals surface area contributed by atoms with Crippen LogP contribution in [0.15, 0.2) is 88.6 Å². The Hall–Kier alpha value is -3.75. The molecule has 8 heteroatoms. The fourth-order valence-corrected chi connectivity index (χ4v) is 5.46. The third kappa shape index (κ3) is 5.56. The van der Waals surface area contributed by atoms with Gasteiger partial charge in [0.05, 0.1) is 17.6 Å². The summed E-state index contributed by atoms with van der Waals surface area (Å²) in [7, 11) is -2.71. The quantitative estimate of drug-likeness (QED) is 0.343. The number of aryl methyl sites for hydroxylation is 1. The highest BCUT2D eigenvalue weighted by atomic mass is 32.2. The molecule has 0 radical (unpaired) electrons. The van der Waals surface area contributed by atoms with Crippen LogP contribution in [0.2, 0.25) is 0 Å². The van der Waals surface area contributed by atoms with Crippen LogP contribution in [-0.4, -0.2) is 37.3 Å². The van der Waals surface area contributed by atoms with Crippen molar-refractivity contribution in [1.29, 1.82) is 0 Å². The summed E-state index contributed by atoms with van der Waals surface area (Å²) in [5.74, 6) is -0.547. The first kappa shape index (κ1) is 25.3. The van der Waals surface area contributed by atoms with E-state index in [4.69, 9.17) is 4.74 Å². The number of H-pyrrole nitrogens is 1. The van der Waals surface area contributed by atoms with Crippen LogP contribution in [0, 0.1) is 0 Å². The summed E-state index contributed by atoms with van der Waals surface area (Å²) in [4.78, 5) is 27.6. The minimum Gasteiger partial charge on any atom is -0.465 e. The molecular weight excluding hydrogens is 476 g/mol. The minimum atomic E-state index is -3.97. The predicted molar refractivity (Wildman–Crippen MR) is 139 cm³/mol. The molecule has 1 N–H and O–H groups in total. The van der Waals surface area contributed by atoms with Gasteiger partial charge < -0.3 is 9.72 Å². The first-order valence-corrected chi connectivity index (χ1v) is 13.1. The van der Waals surface area contributed by atoms with Crippen molar-refractivity contribution >= 4 is 26.9 Å². The lowest BCUT2D eigenvalue weighted by Gasteiger charge is -2.22. The number of carbonyl (C=O) groups excluding carboxylic acids is 1. The van der Waals surface area contributed by atoms with Crippen LogP contribution in [0.4, 0.5) is 0 Å². The van der Waals surface area contributed by atoms with Gasteiger partial charge >= 0.3 is 5.97 Å². The van der Waals surface area contributed by atoms with E-state index in [0.29, 0.717) is 17.5 Å². The number of rotatable bonds is 9. The van der Waals surface area contributed by atoms with Crippen molar-refractivity contribution in [2.24, 2.45) is 0 Å². The normalized spacial score (nSPS) is 11.6. The molecule has 7 nitrogen and oxygen atoms in total. The van der Waals surface area contributed by atoms with Gasteiger partial charge in [0.2, 0.25) is 10.0 Å². The number of benzene rings is 3. The molecule has 36 heavy (non-hydrogen) atoms. The summed E-state index contributed by atoms with van der Waals surface area (Å²) >= 11 is 0. The van der Waals surface area contributed by atoms with Crippen LogP contribution in [0.25, 0.3) is 10.9 Å². The number of fused-ring (bicyclic) bond motifs is 1. The van der Waals surface area contributed by atoms with Gasteiger partial charge in [0.15, 0.2) is 0 Å². The molecule has 4 aromatic rings. The minimum absolute atomic E-state index is 0.0358. The van der Waals surface area contributed by atoms with E-state index < -0.39 is 16.0 Å². The summed E-state index contributed by atoms with van der Waals surface area (Å²) < 4.78 is 33.4. The molecule has 3 aromatic carbocycles. The maximum atomic E-state index is 13.7. The second-order valence-electron chi connectivity index (χ2n) is 8.49. The maximum absolute atomic E-state index is 13.7. The second-order valence-corrected chi connectivity index (χ2v) is 10.4. The van der Waals surface area contributed by atoms with Gasteiger partial charge in [-0.2, -0.15) is 4.31 Å². The van der Waals surface area contributed by atoms with Crippen molar-refractivity contribution in [2.75, 3.05) is 13.7 Å². The smallest absolute Gasteiger partial charge is 0.337 e. The van der Waals surface area contributed by atoms with Crippen LogP contribution in [0.1, 0.15) is 34.0 Å². The van der Waals surface area contributed by atoms with E-state index in [-0.39, 0.29) is 29.1 Å². The Balaban J connectivity index is 1.71. The van der Waals surface area contributed by atoms with Gasteiger partial charge in [-0.05, 0) is 71.8 Å². The highest BCUT2D eigenvalue weighted by Crippen LogP contribution is 2.21. The molecule has 1 heterocycles. The molecule has 0 unspecified atom stereocenters. The molecule has 0 amide bonds. The van der Waals surface area contributed by atoms with E-state index >= 15 is 0 Å². The number of hydrogen-bond donors (Lipinski definition) is 1. The van der Waals surface area contributed by atoms with Crippen molar-refractivity contribution in [3.8, 4) is 0 Å². The third-order valence-corrected chi connectivity index (χ3v) is 8.01. The summed E-state index contributed by atoms with van der Waals surface area (Å²) in [6.45, 7) is 2.14. The van der Waals surface area contributed by atoms with Crippen LogP contribution in [-0.2, 0) is 34.1 Å². The zero-order valence-corrected chi connectivity index (χ0v) is 21.0. The lowest BCUT2D eigenvalue weighted by molar-refractivity contribution is 0.0600. The molecule has 186 valence electrons. The standard InChI is InChI=1S/C28H28N2O5S/c1-3-20-9-14-26-23(17-20)18-24(27(31)29-26)19-30(16-15-21-7-5-4-6-8-21)36(33,34)25-12-10-22(11-13-25)28(32)35-2/h4-14,17-18H,3,15-16,19H2,1-2H3,(H,29,31). The molecule has 0 aliphatic heterocycles. The number of esters is 1. The Morgan fingerprint density at radius 2 is 1.67 bits per heavy atom. The highest BCUT2D eigenvalue weighted by Gasteiger charge is 2.26. The van der Waals surface area contributed by atoms with Gasteiger partial charge in [0, 0.05) is 24.2 Å². The van der Waals surface area contributed by atoms with Gasteiger partial charge in [0.25, 0.3) is 5.56 Å². The molecule has 0 fully saturated rings. The maximum Gasteiger partial charge on any atom is 0.337 e. The van der Waals surface area contributed by atoms with Crippen molar-refractivity contribution in [1.82, 2.24) is 9.29 Å². The van der Waals surface area contributed by atoms with Gasteiger partial charge in [-0.3, -0.25) is 4.79 Å². The Morgan fingerprint density at radius 1 is 0.944 bits per heavy atom. The molecule has 0 saturated carbocycles. The largest absolute Gasteiger partial charge is 0.465 e. The molecule has 0 bridgehead atoms. The number of nitrogens with one attached hydrogen (secondary N) is 1. The SMILES string of the molecule is CCc1ccc2[nH]c(=O)c(CN(CCc3ccccc3)S(=O)(=O)c3ccc(C(=O)OC)cc3)cc2c1. The molecule has 0 spiro atoms. The lowest BCUT2D eigenvalue weighted by atomic mass is 10.1. The number of carbonyl (C=O) groups is 1. The number of aromatic amines is 1. The zero-order valence-electron chi connectivity index (χ0n) is 20.2. The first-order valence-electron chi connectivity index (χ1n) is 11.7. The number of sulfonamides is 1. The zero-order chi connectivity index (χ0) is 25.7. The molecule has 1 aromatic heterocycles. The monoisotopic (exact) mass is 504 g/mol. The molecule has 0 atom stereocenters. The number of nitrogens with zero attached hydrogens (tertiary/aromatic N) is 1. The molecular formula is C28H28N2O5S. The Kier molecular flexibility index (Phi) is 7.67. The Bertz CT molecular complexity index is 1530. The van der Waals surface area contributed by atoms with Gasteiger partial charge in [-0.15, -0.1) is 0 Å². The van der Waals surface area contributed by atoms with Crippen molar-refractivity contribution in [3.63, 3.8) is 0 Å². The molecule has 4 rings (SSSR count). The van der Waals surface area contributed by atoms with Gasteiger partial charge in [0.1, 0.15) is 0 Å². The number of hydrogen-bond acceptors (Lipinski definition) is 5. The van der Waals surface area contributed by atoms with Crippen LogP contribution in [0.3, 0.4) is 0 Å². The molecule has 0 aliphatic carbocycles. The summed E-state index contributed by atoms with van der Waals surface area (Å²) in [6.07, 6.45) is 1.33. The van der Waals surface area contributed by atoms with Crippen molar-refractivity contribution in [3.05, 3.63) is 111 Å². The van der Waals surface area contributed by atoms with Gasteiger partial charge in [-0.1, -0.05) is 43.3 Å². The van der Waals surface area contributed by atoms with E-state index in [9.17, 15) is 18.0 Å². The average molecular weight is 505 g/mol. The van der Waals surface area contributed by atoms with E-state index in [1.807, 2.05) is 48.5 Å². The fraction of sp³-hybridized carbons (Fsp3) is 0.214. The van der Waals surface area contributed by atoms with Crippen LogP contribution >= 0.6 is 0 Å². The Morgan fingerprint density at radius 3 is 2.33 bits per heavy atom. The van der Waals surface area contributed by atoms with E-state index in [1.165, 1.54) is 35.7 Å². The average Bonchev–Trinajstić information content (AvgIpc) is 2.91. The summed E-state index contributed by atoms with van der Waals surface area (Å²) in [6, 6.07) is 22.8. The second kappa shape index (κ2) is 10.9. The van der Waals surface area contributed by atoms with Crippen molar-refractivity contribution in [2.45, 2.75) is 31.2 Å². The first-order chi connectivity index (χ1) is 17.3. The summed E-state index contributed by atoms with van der Waals surface area (Å²) in [5, 5.41) is 0.854.